The molecule has 0 saturated heterocycles. The molecule has 1 aliphatic heterocycles. The molecule has 108 valence electrons. The Morgan fingerprint density at radius 3 is 2.67 bits per heavy atom. The zero-order valence-corrected chi connectivity index (χ0v) is 12.1. The third kappa shape index (κ3) is 2.74. The molecule has 21 heavy (non-hydrogen) atoms. The summed E-state index contributed by atoms with van der Waals surface area (Å²) in [5.41, 5.74) is 3.56. The summed E-state index contributed by atoms with van der Waals surface area (Å²) in [5.74, 6) is -0.782. The fourth-order valence-corrected chi connectivity index (χ4v) is 2.86. The van der Waals surface area contributed by atoms with E-state index in [1.54, 1.807) is 0 Å². The zero-order chi connectivity index (χ0) is 15.0. The first kappa shape index (κ1) is 14.0. The van der Waals surface area contributed by atoms with Crippen molar-refractivity contribution >= 4 is 5.57 Å². The van der Waals surface area contributed by atoms with Gasteiger partial charge in [0.15, 0.2) is 0 Å². The van der Waals surface area contributed by atoms with Gasteiger partial charge in [0.05, 0.1) is 6.04 Å². The van der Waals surface area contributed by atoms with Crippen molar-refractivity contribution < 1.29 is 8.78 Å². The van der Waals surface area contributed by atoms with Gasteiger partial charge in [-0.15, -0.1) is 0 Å². The molecular formula is C18H17F2N. The average Bonchev–Trinajstić information content (AvgIpc) is 2.83. The van der Waals surface area contributed by atoms with Gasteiger partial charge in [0.25, 0.3) is 0 Å². The largest absolute Gasteiger partial charge is 0.292 e. The number of nitrogens with zero attached hydrogens (tertiary/aromatic N) is 1. The second kappa shape index (κ2) is 5.41. The second-order valence-electron chi connectivity index (χ2n) is 5.59. The van der Waals surface area contributed by atoms with Gasteiger partial charge in [0, 0.05) is 12.1 Å². The van der Waals surface area contributed by atoms with Gasteiger partial charge in [-0.05, 0) is 43.3 Å². The highest BCUT2D eigenvalue weighted by molar-refractivity contribution is 5.70. The minimum atomic E-state index is -0.408. The fraction of sp³-hybridized carbons (Fsp3) is 0.222. The van der Waals surface area contributed by atoms with Crippen molar-refractivity contribution in [1.82, 2.24) is 4.90 Å². The van der Waals surface area contributed by atoms with Crippen LogP contribution in [0.4, 0.5) is 8.78 Å². The van der Waals surface area contributed by atoms with Crippen LogP contribution in [-0.4, -0.2) is 18.5 Å². The standard InChI is InChI=1S/C18H17F2N/c1-12-4-3-5-13(8-12)18-9-14(11-21(18)2)16-10-15(19)6-7-17(16)20/h3-10,18H,11H2,1-2H3. The molecule has 1 heterocycles. The summed E-state index contributed by atoms with van der Waals surface area (Å²) in [6.45, 7) is 2.66. The first-order valence-electron chi connectivity index (χ1n) is 6.97. The molecule has 0 aromatic heterocycles. The number of hydrogen-bond acceptors (Lipinski definition) is 1. The van der Waals surface area contributed by atoms with Crippen molar-refractivity contribution in [1.29, 1.82) is 0 Å². The van der Waals surface area contributed by atoms with Crippen LogP contribution in [0.3, 0.4) is 0 Å². The Kier molecular flexibility index (Phi) is 3.60. The maximum absolute atomic E-state index is 13.9. The predicted octanol–water partition coefficient (Wildman–Crippen LogP) is 4.34. The molecule has 0 bridgehead atoms. The molecule has 0 fully saturated rings. The van der Waals surface area contributed by atoms with Crippen molar-refractivity contribution in [2.24, 2.45) is 0 Å². The van der Waals surface area contributed by atoms with E-state index in [4.69, 9.17) is 0 Å². The number of rotatable bonds is 2. The highest BCUT2D eigenvalue weighted by Gasteiger charge is 2.25. The summed E-state index contributed by atoms with van der Waals surface area (Å²) in [4.78, 5) is 2.13. The number of halogens is 2. The van der Waals surface area contributed by atoms with E-state index in [9.17, 15) is 8.78 Å². The van der Waals surface area contributed by atoms with Crippen LogP contribution in [0.25, 0.3) is 5.57 Å². The lowest BCUT2D eigenvalue weighted by atomic mass is 10.0. The van der Waals surface area contributed by atoms with E-state index < -0.39 is 5.82 Å². The SMILES string of the molecule is Cc1cccc(C2C=C(c3cc(F)ccc3F)CN2C)c1. The van der Waals surface area contributed by atoms with Crippen LogP contribution in [0, 0.1) is 18.6 Å². The number of hydrogen-bond donors (Lipinski definition) is 0. The molecule has 0 aliphatic carbocycles. The summed E-state index contributed by atoms with van der Waals surface area (Å²) in [5, 5.41) is 0. The van der Waals surface area contributed by atoms with E-state index >= 15 is 0 Å². The Hall–Kier alpha value is -2.00. The molecule has 1 aliphatic rings. The van der Waals surface area contributed by atoms with Gasteiger partial charge in [-0.3, -0.25) is 4.90 Å². The topological polar surface area (TPSA) is 3.24 Å². The molecule has 0 amide bonds. The molecule has 3 rings (SSSR count). The van der Waals surface area contributed by atoms with Crippen LogP contribution in [0.15, 0.2) is 48.5 Å². The third-order valence-electron chi connectivity index (χ3n) is 3.91. The molecular weight excluding hydrogens is 268 g/mol. The molecule has 0 radical (unpaired) electrons. The number of aryl methyl sites for hydroxylation is 1. The predicted molar refractivity (Wildman–Crippen MR) is 80.9 cm³/mol. The third-order valence-corrected chi connectivity index (χ3v) is 3.91. The molecule has 1 unspecified atom stereocenters. The Labute approximate surface area is 123 Å². The molecule has 3 heteroatoms. The van der Waals surface area contributed by atoms with Crippen LogP contribution < -0.4 is 0 Å². The van der Waals surface area contributed by atoms with E-state index in [-0.39, 0.29) is 11.9 Å². The molecule has 0 N–H and O–H groups in total. The second-order valence-corrected chi connectivity index (χ2v) is 5.59. The smallest absolute Gasteiger partial charge is 0.130 e. The number of likely N-dealkylation sites (N-methyl/N-ethyl adjacent to an activating group) is 1. The van der Waals surface area contributed by atoms with Crippen molar-refractivity contribution in [3.8, 4) is 0 Å². The highest BCUT2D eigenvalue weighted by atomic mass is 19.1. The van der Waals surface area contributed by atoms with Crippen LogP contribution in [-0.2, 0) is 0 Å². The summed E-state index contributed by atoms with van der Waals surface area (Å²) in [6.07, 6.45) is 2.02. The van der Waals surface area contributed by atoms with Gasteiger partial charge in [0.2, 0.25) is 0 Å². The van der Waals surface area contributed by atoms with Gasteiger partial charge < -0.3 is 0 Å². The van der Waals surface area contributed by atoms with E-state index in [1.807, 2.05) is 19.2 Å². The van der Waals surface area contributed by atoms with Gasteiger partial charge in [-0.2, -0.15) is 0 Å². The van der Waals surface area contributed by atoms with E-state index in [2.05, 4.69) is 30.0 Å². The molecule has 1 nitrogen and oxygen atoms in total. The quantitative estimate of drug-likeness (QED) is 0.793. The summed E-state index contributed by atoms with van der Waals surface area (Å²) < 4.78 is 27.3. The fourth-order valence-electron chi connectivity index (χ4n) is 2.86. The van der Waals surface area contributed by atoms with Gasteiger partial charge in [-0.1, -0.05) is 35.9 Å². The lowest BCUT2D eigenvalue weighted by molar-refractivity contribution is 0.342. The minimum Gasteiger partial charge on any atom is -0.292 e. The lowest BCUT2D eigenvalue weighted by Crippen LogP contribution is -2.19. The Balaban J connectivity index is 1.99. The first-order chi connectivity index (χ1) is 10.0. The van der Waals surface area contributed by atoms with E-state index in [1.165, 1.54) is 23.3 Å². The van der Waals surface area contributed by atoms with E-state index in [0.717, 1.165) is 11.6 Å². The molecule has 0 saturated carbocycles. The van der Waals surface area contributed by atoms with Crippen molar-refractivity contribution in [3.05, 3.63) is 76.9 Å². The van der Waals surface area contributed by atoms with Crippen LogP contribution in [0.5, 0.6) is 0 Å². The maximum Gasteiger partial charge on any atom is 0.130 e. The summed E-state index contributed by atoms with van der Waals surface area (Å²) in [6, 6.07) is 12.0. The zero-order valence-electron chi connectivity index (χ0n) is 12.1. The monoisotopic (exact) mass is 285 g/mol. The van der Waals surface area contributed by atoms with Crippen LogP contribution in [0.2, 0.25) is 0 Å². The normalized spacial score (nSPS) is 18.9. The molecule has 1 atom stereocenters. The maximum atomic E-state index is 13.9. The Morgan fingerprint density at radius 1 is 1.10 bits per heavy atom. The minimum absolute atomic E-state index is 0.0996. The van der Waals surface area contributed by atoms with Crippen molar-refractivity contribution in [2.75, 3.05) is 13.6 Å². The molecule has 2 aromatic rings. The van der Waals surface area contributed by atoms with E-state index in [0.29, 0.717) is 12.1 Å². The van der Waals surface area contributed by atoms with Gasteiger partial charge in [-0.25, -0.2) is 8.78 Å². The van der Waals surface area contributed by atoms with Crippen molar-refractivity contribution in [3.63, 3.8) is 0 Å². The molecule has 0 spiro atoms. The van der Waals surface area contributed by atoms with Crippen molar-refractivity contribution in [2.45, 2.75) is 13.0 Å². The van der Waals surface area contributed by atoms with Gasteiger partial charge in [0.1, 0.15) is 11.6 Å². The van der Waals surface area contributed by atoms with Crippen LogP contribution >= 0.6 is 0 Å². The molecule has 2 aromatic carbocycles. The van der Waals surface area contributed by atoms with Crippen LogP contribution in [0.1, 0.15) is 22.7 Å². The Morgan fingerprint density at radius 2 is 1.90 bits per heavy atom. The summed E-state index contributed by atoms with van der Waals surface area (Å²) >= 11 is 0. The number of benzene rings is 2. The first-order valence-corrected chi connectivity index (χ1v) is 6.97. The lowest BCUT2D eigenvalue weighted by Gasteiger charge is -2.19. The summed E-state index contributed by atoms with van der Waals surface area (Å²) in [7, 11) is 1.99. The Bertz CT molecular complexity index is 706. The highest BCUT2D eigenvalue weighted by Crippen LogP contribution is 2.34. The van der Waals surface area contributed by atoms with Gasteiger partial charge >= 0.3 is 0 Å². The average molecular weight is 285 g/mol.